The van der Waals surface area contributed by atoms with Crippen molar-refractivity contribution in [1.29, 1.82) is 0 Å². The minimum absolute atomic E-state index is 0. The molecule has 7 aromatic carbocycles. The smallest absolute Gasteiger partial charge is 0.136 e. The number of hydrogen-bond donors (Lipinski definition) is 0. The number of fused-ring (bicyclic) bond motifs is 7. The average molecular weight is 956 g/mol. The van der Waals surface area contributed by atoms with Gasteiger partial charge in [-0.25, -0.2) is 0 Å². The van der Waals surface area contributed by atoms with E-state index in [9.17, 15) is 0 Å². The summed E-state index contributed by atoms with van der Waals surface area (Å²) >= 11 is 0. The SMILES string of the molecule is CC(C)c1cc(-c2ccccc2)cc(C(C)C)c1-n1c(-c2[c-]ccc3c2oc2cc4c(cc23)oc2ccccc24)nc2ccccc21.[Ir].[c-]1ccccc1-c1ccccn1. The van der Waals surface area contributed by atoms with Crippen LogP contribution >= 0.6 is 0 Å². The molecule has 0 unspecified atom stereocenters. The fourth-order valence-electron chi connectivity index (χ4n) is 8.24. The first-order valence-electron chi connectivity index (χ1n) is 20.2. The molecule has 0 bridgehead atoms. The molecule has 0 amide bonds. The summed E-state index contributed by atoms with van der Waals surface area (Å²) in [7, 11) is 0. The van der Waals surface area contributed by atoms with Crippen molar-refractivity contribution in [1.82, 2.24) is 14.5 Å². The van der Waals surface area contributed by atoms with Crippen LogP contribution in [0.15, 0.2) is 173 Å². The molecule has 0 aliphatic heterocycles. The van der Waals surface area contributed by atoms with Gasteiger partial charge in [0.15, 0.2) is 0 Å². The zero-order valence-corrected chi connectivity index (χ0v) is 36.1. The Balaban J connectivity index is 0.000000306. The molecular formula is C54H41IrN3O2-2. The van der Waals surface area contributed by atoms with E-state index in [1.54, 1.807) is 6.20 Å². The molecular weight excluding hydrogens is 915 g/mol. The zero-order valence-electron chi connectivity index (χ0n) is 33.7. The number of aromatic nitrogens is 3. The molecule has 0 saturated carbocycles. The summed E-state index contributed by atoms with van der Waals surface area (Å²) in [4.78, 5) is 9.52. The van der Waals surface area contributed by atoms with Gasteiger partial charge in [0, 0.05) is 48.1 Å². The Morgan fingerprint density at radius 2 is 1.23 bits per heavy atom. The van der Waals surface area contributed by atoms with Gasteiger partial charge in [0.1, 0.15) is 16.7 Å². The van der Waals surface area contributed by atoms with Gasteiger partial charge in [-0.15, -0.1) is 54.1 Å². The summed E-state index contributed by atoms with van der Waals surface area (Å²) in [5, 5.41) is 4.16. The molecule has 0 fully saturated rings. The van der Waals surface area contributed by atoms with Crippen molar-refractivity contribution in [2.45, 2.75) is 39.5 Å². The molecule has 0 atom stereocenters. The topological polar surface area (TPSA) is 57.0 Å². The molecule has 60 heavy (non-hydrogen) atoms. The first-order chi connectivity index (χ1) is 28.9. The predicted octanol–water partition coefficient (Wildman–Crippen LogP) is 14.8. The number of benzene rings is 7. The fourth-order valence-corrected chi connectivity index (χ4v) is 8.24. The van der Waals surface area contributed by atoms with Gasteiger partial charge in [0.2, 0.25) is 0 Å². The monoisotopic (exact) mass is 956 g/mol. The Hall–Kier alpha value is -6.59. The number of imidazole rings is 1. The zero-order chi connectivity index (χ0) is 40.0. The van der Waals surface area contributed by atoms with Crippen LogP contribution in [0.25, 0.3) is 94.4 Å². The van der Waals surface area contributed by atoms with Crippen LogP contribution in [0, 0.1) is 12.1 Å². The molecule has 0 saturated heterocycles. The predicted molar refractivity (Wildman–Crippen MR) is 242 cm³/mol. The van der Waals surface area contributed by atoms with Crippen molar-refractivity contribution >= 4 is 54.9 Å². The molecule has 0 spiro atoms. The fraction of sp³-hybridized carbons (Fsp3) is 0.111. The van der Waals surface area contributed by atoms with E-state index in [-0.39, 0.29) is 31.9 Å². The second kappa shape index (κ2) is 16.2. The van der Waals surface area contributed by atoms with E-state index in [1.807, 2.05) is 66.7 Å². The van der Waals surface area contributed by atoms with E-state index >= 15 is 0 Å². The second-order valence-corrected chi connectivity index (χ2v) is 15.6. The van der Waals surface area contributed by atoms with Crippen LogP contribution in [-0.2, 0) is 20.1 Å². The second-order valence-electron chi connectivity index (χ2n) is 15.6. The Morgan fingerprint density at radius 3 is 1.97 bits per heavy atom. The number of para-hydroxylation sites is 3. The minimum atomic E-state index is 0. The molecule has 4 heterocycles. The van der Waals surface area contributed by atoms with Crippen LogP contribution in [0.2, 0.25) is 0 Å². The summed E-state index contributed by atoms with van der Waals surface area (Å²) in [5.41, 5.74) is 14.4. The molecule has 6 heteroatoms. The van der Waals surface area contributed by atoms with Gasteiger partial charge in [0.25, 0.3) is 0 Å². The Kier molecular flexibility index (Phi) is 10.5. The standard InChI is InChI=1S/C43H33N2O2.C11H8N.Ir/c1-25(2)32-21-28(27-13-6-5-7-14-27)22-33(26(3)4)41(32)45-37-19-10-9-18-36(37)44-43(45)31-17-12-16-30-35-24-39-34(23-40(35)47-42(30)31)29-15-8-11-20-38(29)46-39;1-2-6-10(7-3-1)11-8-4-5-9-12-11;/h5-16,18-26H,1-4H3;1-6,8-9H;/q2*-1;. The van der Waals surface area contributed by atoms with E-state index < -0.39 is 0 Å². The molecule has 295 valence electrons. The van der Waals surface area contributed by atoms with E-state index in [1.165, 1.54) is 27.9 Å². The van der Waals surface area contributed by atoms with E-state index in [4.69, 9.17) is 13.8 Å². The first-order valence-corrected chi connectivity index (χ1v) is 20.2. The Labute approximate surface area is 362 Å². The molecule has 11 aromatic rings. The number of pyridine rings is 1. The molecule has 4 aromatic heterocycles. The molecule has 11 rings (SSSR count). The largest absolute Gasteiger partial charge is 0.501 e. The van der Waals surface area contributed by atoms with Gasteiger partial charge in [-0.3, -0.25) is 4.98 Å². The van der Waals surface area contributed by atoms with E-state index in [2.05, 4.69) is 140 Å². The van der Waals surface area contributed by atoms with Crippen molar-refractivity contribution in [2.75, 3.05) is 0 Å². The summed E-state index contributed by atoms with van der Waals surface area (Å²) in [5.74, 6) is 1.37. The number of rotatable bonds is 6. The maximum absolute atomic E-state index is 6.76. The van der Waals surface area contributed by atoms with Crippen LogP contribution in [0.1, 0.15) is 50.7 Å². The summed E-state index contributed by atoms with van der Waals surface area (Å²) < 4.78 is 15.4. The minimum Gasteiger partial charge on any atom is -0.501 e. The molecule has 0 aliphatic rings. The molecule has 0 N–H and O–H groups in total. The van der Waals surface area contributed by atoms with Crippen molar-refractivity contribution in [3.63, 3.8) is 0 Å². The van der Waals surface area contributed by atoms with Crippen LogP contribution in [0.5, 0.6) is 0 Å². The van der Waals surface area contributed by atoms with Crippen LogP contribution in [0.4, 0.5) is 0 Å². The van der Waals surface area contributed by atoms with Crippen LogP contribution in [0.3, 0.4) is 0 Å². The third-order valence-corrected chi connectivity index (χ3v) is 11.1. The van der Waals surface area contributed by atoms with Crippen molar-refractivity contribution < 1.29 is 28.9 Å². The summed E-state index contributed by atoms with van der Waals surface area (Å²) in [6, 6.07) is 60.6. The Morgan fingerprint density at radius 1 is 0.550 bits per heavy atom. The quantitative estimate of drug-likeness (QED) is 0.156. The van der Waals surface area contributed by atoms with Gasteiger partial charge in [-0.1, -0.05) is 111 Å². The van der Waals surface area contributed by atoms with Crippen molar-refractivity contribution in [3.05, 3.63) is 187 Å². The van der Waals surface area contributed by atoms with Crippen molar-refractivity contribution in [3.8, 4) is 39.5 Å². The van der Waals surface area contributed by atoms with Gasteiger partial charge in [-0.05, 0) is 88.3 Å². The normalized spacial score (nSPS) is 11.5. The first kappa shape index (κ1) is 38.9. The Bertz CT molecular complexity index is 3210. The van der Waals surface area contributed by atoms with E-state index in [0.717, 1.165) is 77.6 Å². The maximum Gasteiger partial charge on any atom is 0.136 e. The molecule has 5 nitrogen and oxygen atoms in total. The molecule has 0 aliphatic carbocycles. The molecule has 1 radical (unpaired) electrons. The third-order valence-electron chi connectivity index (χ3n) is 11.1. The van der Waals surface area contributed by atoms with Crippen LogP contribution in [-0.4, -0.2) is 14.5 Å². The number of furan rings is 2. The van der Waals surface area contributed by atoms with Crippen molar-refractivity contribution in [2.24, 2.45) is 0 Å². The number of hydrogen-bond acceptors (Lipinski definition) is 4. The van der Waals surface area contributed by atoms with Crippen LogP contribution < -0.4 is 0 Å². The van der Waals surface area contributed by atoms with Gasteiger partial charge < -0.3 is 18.4 Å². The average Bonchev–Trinajstić information content (AvgIpc) is 3.97. The number of nitrogens with zero attached hydrogens (tertiary/aromatic N) is 3. The summed E-state index contributed by atoms with van der Waals surface area (Å²) in [6.07, 6.45) is 1.79. The summed E-state index contributed by atoms with van der Waals surface area (Å²) in [6.45, 7) is 9.12. The van der Waals surface area contributed by atoms with Gasteiger partial charge in [0.05, 0.1) is 22.4 Å². The third kappa shape index (κ3) is 6.92. The van der Waals surface area contributed by atoms with E-state index in [0.29, 0.717) is 0 Å². The maximum atomic E-state index is 6.76. The van der Waals surface area contributed by atoms with Gasteiger partial charge in [-0.2, -0.15) is 0 Å². The van der Waals surface area contributed by atoms with Gasteiger partial charge >= 0.3 is 0 Å².